The van der Waals surface area contributed by atoms with Crippen LogP contribution in [0.15, 0.2) is 18.3 Å². The minimum atomic E-state index is 0.229. The summed E-state index contributed by atoms with van der Waals surface area (Å²) in [6, 6.07) is 4.36. The molecule has 0 fully saturated rings. The van der Waals surface area contributed by atoms with Gasteiger partial charge in [0.25, 0.3) is 0 Å². The van der Waals surface area contributed by atoms with Crippen molar-refractivity contribution in [2.24, 2.45) is 11.8 Å². The third-order valence-electron chi connectivity index (χ3n) is 2.81. The predicted molar refractivity (Wildman–Crippen MR) is 67.7 cm³/mol. The highest BCUT2D eigenvalue weighted by Gasteiger charge is 2.09. The molecule has 16 heavy (non-hydrogen) atoms. The molecule has 0 aromatic carbocycles. The molecule has 0 saturated carbocycles. The van der Waals surface area contributed by atoms with Crippen LogP contribution in [0.1, 0.15) is 50.4 Å². The standard InChI is InChI=1S/C13H23N3/c1-10(2)5-4-6-13(16-14)12-8-7-11(3)15-9-12/h7-10,13,16H,4-6,14H2,1-3H3. The van der Waals surface area contributed by atoms with E-state index >= 15 is 0 Å². The van der Waals surface area contributed by atoms with Gasteiger partial charge in [0.05, 0.1) is 0 Å². The summed E-state index contributed by atoms with van der Waals surface area (Å²) in [4.78, 5) is 4.30. The SMILES string of the molecule is Cc1ccc(C(CCCC(C)C)NN)cn1. The molecule has 0 spiro atoms. The Labute approximate surface area is 98.4 Å². The number of nitrogens with two attached hydrogens (primary N) is 1. The monoisotopic (exact) mass is 221 g/mol. The number of aromatic nitrogens is 1. The second kappa shape index (κ2) is 6.61. The molecule has 0 amide bonds. The van der Waals surface area contributed by atoms with Gasteiger partial charge in [-0.25, -0.2) is 0 Å². The first-order valence-corrected chi connectivity index (χ1v) is 6.02. The Hall–Kier alpha value is -0.930. The number of nitrogens with zero attached hydrogens (tertiary/aromatic N) is 1. The van der Waals surface area contributed by atoms with Crippen molar-refractivity contribution >= 4 is 0 Å². The van der Waals surface area contributed by atoms with Crippen molar-refractivity contribution in [2.45, 2.75) is 46.1 Å². The van der Waals surface area contributed by atoms with Crippen LogP contribution in [0.25, 0.3) is 0 Å². The van der Waals surface area contributed by atoms with E-state index in [4.69, 9.17) is 5.84 Å². The fourth-order valence-corrected chi connectivity index (χ4v) is 1.76. The Kier molecular flexibility index (Phi) is 5.43. The third-order valence-corrected chi connectivity index (χ3v) is 2.81. The molecule has 0 aliphatic heterocycles. The molecular weight excluding hydrogens is 198 g/mol. The van der Waals surface area contributed by atoms with Gasteiger partial charge in [-0.2, -0.15) is 0 Å². The lowest BCUT2D eigenvalue weighted by atomic mass is 9.99. The number of hydrogen-bond donors (Lipinski definition) is 2. The second-order valence-corrected chi connectivity index (χ2v) is 4.78. The summed E-state index contributed by atoms with van der Waals surface area (Å²) in [6.07, 6.45) is 5.42. The summed E-state index contributed by atoms with van der Waals surface area (Å²) in [5.41, 5.74) is 5.09. The van der Waals surface area contributed by atoms with E-state index in [1.807, 2.05) is 19.2 Å². The van der Waals surface area contributed by atoms with Gasteiger partial charge in [-0.1, -0.05) is 32.8 Å². The van der Waals surface area contributed by atoms with E-state index in [1.54, 1.807) is 0 Å². The number of pyridine rings is 1. The number of hydrogen-bond acceptors (Lipinski definition) is 3. The summed E-state index contributed by atoms with van der Waals surface area (Å²) >= 11 is 0. The second-order valence-electron chi connectivity index (χ2n) is 4.78. The Morgan fingerprint density at radius 1 is 1.31 bits per heavy atom. The van der Waals surface area contributed by atoms with Gasteiger partial charge in [0.2, 0.25) is 0 Å². The minimum absolute atomic E-state index is 0.229. The lowest BCUT2D eigenvalue weighted by molar-refractivity contribution is 0.454. The normalized spacial score (nSPS) is 13.1. The molecule has 1 heterocycles. The highest BCUT2D eigenvalue weighted by atomic mass is 15.2. The molecule has 3 heteroatoms. The topological polar surface area (TPSA) is 50.9 Å². The summed E-state index contributed by atoms with van der Waals surface area (Å²) in [5, 5.41) is 0. The van der Waals surface area contributed by atoms with Crippen molar-refractivity contribution in [1.29, 1.82) is 0 Å². The molecule has 1 rings (SSSR count). The Morgan fingerprint density at radius 3 is 2.56 bits per heavy atom. The Balaban J connectivity index is 2.50. The third kappa shape index (κ3) is 4.29. The molecule has 3 N–H and O–H groups in total. The maximum absolute atomic E-state index is 5.58. The molecule has 0 aliphatic rings. The predicted octanol–water partition coefficient (Wildman–Crippen LogP) is 2.72. The minimum Gasteiger partial charge on any atom is -0.271 e. The fraction of sp³-hybridized carbons (Fsp3) is 0.615. The molecule has 3 nitrogen and oxygen atoms in total. The van der Waals surface area contributed by atoms with E-state index in [0.29, 0.717) is 0 Å². The zero-order chi connectivity index (χ0) is 12.0. The summed E-state index contributed by atoms with van der Waals surface area (Å²) < 4.78 is 0. The van der Waals surface area contributed by atoms with E-state index < -0.39 is 0 Å². The number of rotatable bonds is 6. The fourth-order valence-electron chi connectivity index (χ4n) is 1.76. The van der Waals surface area contributed by atoms with Gasteiger partial charge < -0.3 is 0 Å². The molecular formula is C13H23N3. The van der Waals surface area contributed by atoms with Crippen molar-refractivity contribution in [3.63, 3.8) is 0 Å². The van der Waals surface area contributed by atoms with Gasteiger partial charge in [0.15, 0.2) is 0 Å². The van der Waals surface area contributed by atoms with Crippen molar-refractivity contribution in [3.8, 4) is 0 Å². The van der Waals surface area contributed by atoms with Crippen LogP contribution >= 0.6 is 0 Å². The first-order chi connectivity index (χ1) is 7.63. The van der Waals surface area contributed by atoms with E-state index in [1.165, 1.54) is 18.4 Å². The van der Waals surface area contributed by atoms with Gasteiger partial charge in [-0.3, -0.25) is 16.3 Å². The molecule has 0 saturated heterocycles. The smallest absolute Gasteiger partial charge is 0.0475 e. The van der Waals surface area contributed by atoms with Crippen LogP contribution in [0.2, 0.25) is 0 Å². The molecule has 1 aromatic heterocycles. The molecule has 90 valence electrons. The van der Waals surface area contributed by atoms with Crippen LogP contribution in [0, 0.1) is 12.8 Å². The van der Waals surface area contributed by atoms with Crippen LogP contribution in [-0.2, 0) is 0 Å². The van der Waals surface area contributed by atoms with Crippen molar-refractivity contribution in [3.05, 3.63) is 29.6 Å². The first-order valence-electron chi connectivity index (χ1n) is 6.02. The van der Waals surface area contributed by atoms with Gasteiger partial charge in [0, 0.05) is 17.9 Å². The maximum Gasteiger partial charge on any atom is 0.0475 e. The molecule has 1 aromatic rings. The van der Waals surface area contributed by atoms with Gasteiger partial charge >= 0.3 is 0 Å². The van der Waals surface area contributed by atoms with Crippen molar-refractivity contribution in [2.75, 3.05) is 0 Å². The highest BCUT2D eigenvalue weighted by Crippen LogP contribution is 2.19. The van der Waals surface area contributed by atoms with Gasteiger partial charge in [-0.15, -0.1) is 0 Å². The number of hydrazine groups is 1. The summed E-state index contributed by atoms with van der Waals surface area (Å²) in [5.74, 6) is 6.34. The molecule has 0 bridgehead atoms. The van der Waals surface area contributed by atoms with Crippen LogP contribution in [-0.4, -0.2) is 4.98 Å². The van der Waals surface area contributed by atoms with Gasteiger partial charge in [-0.05, 0) is 30.9 Å². The highest BCUT2D eigenvalue weighted by molar-refractivity contribution is 5.16. The largest absolute Gasteiger partial charge is 0.271 e. The number of nitrogens with one attached hydrogen (secondary N) is 1. The lowest BCUT2D eigenvalue weighted by Gasteiger charge is -2.16. The molecule has 0 radical (unpaired) electrons. The lowest BCUT2D eigenvalue weighted by Crippen LogP contribution is -2.28. The molecule has 1 atom stereocenters. The quantitative estimate of drug-likeness (QED) is 0.573. The van der Waals surface area contributed by atoms with E-state index in [0.717, 1.165) is 18.0 Å². The van der Waals surface area contributed by atoms with Crippen LogP contribution in [0.3, 0.4) is 0 Å². The molecule has 1 unspecified atom stereocenters. The zero-order valence-corrected chi connectivity index (χ0v) is 10.5. The van der Waals surface area contributed by atoms with Crippen LogP contribution in [0.5, 0.6) is 0 Å². The average Bonchev–Trinajstić information content (AvgIpc) is 2.26. The van der Waals surface area contributed by atoms with Crippen LogP contribution < -0.4 is 11.3 Å². The van der Waals surface area contributed by atoms with Gasteiger partial charge in [0.1, 0.15) is 0 Å². The average molecular weight is 221 g/mol. The first kappa shape index (κ1) is 13.1. The van der Waals surface area contributed by atoms with E-state index in [-0.39, 0.29) is 6.04 Å². The molecule has 0 aliphatic carbocycles. The van der Waals surface area contributed by atoms with E-state index in [2.05, 4.69) is 30.3 Å². The summed E-state index contributed by atoms with van der Waals surface area (Å²) in [7, 11) is 0. The van der Waals surface area contributed by atoms with Crippen LogP contribution in [0.4, 0.5) is 0 Å². The maximum atomic E-state index is 5.58. The van der Waals surface area contributed by atoms with E-state index in [9.17, 15) is 0 Å². The summed E-state index contributed by atoms with van der Waals surface area (Å²) in [6.45, 7) is 6.49. The van der Waals surface area contributed by atoms with Crippen molar-refractivity contribution in [1.82, 2.24) is 10.4 Å². The zero-order valence-electron chi connectivity index (χ0n) is 10.5. The number of aryl methyl sites for hydroxylation is 1. The van der Waals surface area contributed by atoms with Crippen molar-refractivity contribution < 1.29 is 0 Å². The Morgan fingerprint density at radius 2 is 2.06 bits per heavy atom. The Bertz CT molecular complexity index is 293.